The van der Waals surface area contributed by atoms with Gasteiger partial charge in [-0.3, -0.25) is 19.0 Å². The predicted octanol–water partition coefficient (Wildman–Crippen LogP) is 4.98. The number of hydrogen-bond donors (Lipinski definition) is 1. The van der Waals surface area contributed by atoms with Crippen LogP contribution in [0.3, 0.4) is 0 Å². The smallest absolute Gasteiger partial charge is 0.357 e. The number of nitrogens with zero attached hydrogens (tertiary/aromatic N) is 2. The molecule has 1 N–H and O–H groups in total. The zero-order valence-corrected chi connectivity index (χ0v) is 22.0. The average molecular weight is 546 g/mol. The number of halogens is 1. The first-order chi connectivity index (χ1) is 18.7. The van der Waals surface area contributed by atoms with Crippen LogP contribution in [-0.4, -0.2) is 33.9 Å². The maximum absolute atomic E-state index is 13.0. The first kappa shape index (κ1) is 24.9. The van der Waals surface area contributed by atoms with Crippen molar-refractivity contribution in [1.29, 1.82) is 0 Å². The Morgan fingerprint density at radius 2 is 1.87 bits per heavy atom. The SMILES string of the molecule is COc1cn(CC(=O)Nc2ccc3c(c2)cc2n3C3(CCC3)OC2=O)c(=O)cc1-c1cc(Cl)ccc1C(C)=O. The van der Waals surface area contributed by atoms with Crippen LogP contribution in [0.5, 0.6) is 5.75 Å². The van der Waals surface area contributed by atoms with E-state index in [2.05, 4.69) is 5.32 Å². The standard InChI is InChI=1S/C29H24ClN3O6/c1-16(34)20-6-4-18(30)12-21(20)22-13-27(36)32(14-25(22)38-2)15-26(35)31-19-5-7-23-17(10-19)11-24-28(37)39-29(33(23)24)8-3-9-29/h4-7,10-14H,3,8-9,15H2,1-2H3,(H,31,35). The van der Waals surface area contributed by atoms with Crippen LogP contribution in [0.1, 0.15) is 47.0 Å². The van der Waals surface area contributed by atoms with E-state index < -0.39 is 17.2 Å². The molecule has 1 spiro atoms. The molecule has 3 heterocycles. The molecular formula is C29H24ClN3O6. The Balaban J connectivity index is 1.26. The number of hydrogen-bond acceptors (Lipinski definition) is 6. The molecule has 2 aromatic carbocycles. The van der Waals surface area contributed by atoms with E-state index in [0.717, 1.165) is 30.2 Å². The van der Waals surface area contributed by atoms with E-state index in [1.165, 1.54) is 30.9 Å². The van der Waals surface area contributed by atoms with Gasteiger partial charge in [-0.25, -0.2) is 4.79 Å². The molecule has 0 radical (unpaired) electrons. The Hall–Kier alpha value is -4.37. The molecule has 2 aromatic heterocycles. The molecule has 39 heavy (non-hydrogen) atoms. The van der Waals surface area contributed by atoms with Gasteiger partial charge in [0.2, 0.25) is 5.91 Å². The zero-order chi connectivity index (χ0) is 27.5. The van der Waals surface area contributed by atoms with Crippen LogP contribution >= 0.6 is 11.6 Å². The number of amides is 1. The predicted molar refractivity (Wildman–Crippen MR) is 146 cm³/mol. The molecule has 1 amide bonds. The van der Waals surface area contributed by atoms with Crippen molar-refractivity contribution >= 4 is 45.9 Å². The molecule has 1 aliphatic carbocycles. The molecule has 1 aliphatic heterocycles. The summed E-state index contributed by atoms with van der Waals surface area (Å²) in [5, 5.41) is 4.05. The van der Waals surface area contributed by atoms with Crippen molar-refractivity contribution in [2.24, 2.45) is 0 Å². The number of Topliss-reactive ketones (excluding diaryl/α,β-unsaturated/α-hetero) is 1. The van der Waals surface area contributed by atoms with E-state index in [0.29, 0.717) is 38.8 Å². The summed E-state index contributed by atoms with van der Waals surface area (Å²) < 4.78 is 14.3. The molecule has 2 aliphatic rings. The number of ether oxygens (including phenoxy) is 2. The summed E-state index contributed by atoms with van der Waals surface area (Å²) in [5.74, 6) is -0.618. The molecule has 198 valence electrons. The summed E-state index contributed by atoms with van der Waals surface area (Å²) in [4.78, 5) is 50.5. The quantitative estimate of drug-likeness (QED) is 0.270. The molecule has 0 saturated heterocycles. The number of pyridine rings is 1. The Kier molecular flexibility index (Phi) is 5.84. The normalized spacial score (nSPS) is 15.1. The van der Waals surface area contributed by atoms with E-state index in [4.69, 9.17) is 21.1 Å². The van der Waals surface area contributed by atoms with Crippen molar-refractivity contribution < 1.29 is 23.9 Å². The number of carbonyl (C=O) groups excluding carboxylic acids is 3. The molecule has 1 fully saturated rings. The van der Waals surface area contributed by atoms with Gasteiger partial charge in [-0.2, -0.15) is 0 Å². The summed E-state index contributed by atoms with van der Waals surface area (Å²) in [6.45, 7) is 1.17. The highest BCUT2D eigenvalue weighted by Crippen LogP contribution is 2.48. The fraction of sp³-hybridized carbons (Fsp3) is 0.241. The van der Waals surface area contributed by atoms with Crippen molar-refractivity contribution in [2.45, 2.75) is 38.5 Å². The van der Waals surface area contributed by atoms with Crippen LogP contribution in [0, 0.1) is 0 Å². The fourth-order valence-corrected chi connectivity index (χ4v) is 5.58. The highest BCUT2D eigenvalue weighted by atomic mass is 35.5. The van der Waals surface area contributed by atoms with Crippen LogP contribution < -0.4 is 15.6 Å². The van der Waals surface area contributed by atoms with Crippen LogP contribution in [0.15, 0.2) is 59.5 Å². The van der Waals surface area contributed by atoms with Crippen LogP contribution in [0.4, 0.5) is 5.69 Å². The summed E-state index contributed by atoms with van der Waals surface area (Å²) >= 11 is 6.16. The molecule has 6 rings (SSSR count). The van der Waals surface area contributed by atoms with Crippen molar-refractivity contribution in [3.63, 3.8) is 0 Å². The minimum atomic E-state index is -0.582. The van der Waals surface area contributed by atoms with Crippen LogP contribution in [-0.2, 0) is 21.8 Å². The van der Waals surface area contributed by atoms with Gasteiger partial charge in [0.15, 0.2) is 11.5 Å². The third-order valence-corrected chi connectivity index (χ3v) is 7.63. The largest absolute Gasteiger partial charge is 0.495 e. The first-order valence-electron chi connectivity index (χ1n) is 12.5. The minimum absolute atomic E-state index is 0.183. The Labute approximate surface area is 227 Å². The Morgan fingerprint density at radius 3 is 2.56 bits per heavy atom. The molecule has 4 aromatic rings. The van der Waals surface area contributed by atoms with Crippen molar-refractivity contribution in [3.05, 3.63) is 81.4 Å². The second kappa shape index (κ2) is 9.13. The number of esters is 1. The first-order valence-corrected chi connectivity index (χ1v) is 12.9. The third kappa shape index (κ3) is 4.10. The lowest BCUT2D eigenvalue weighted by molar-refractivity contribution is -0.116. The van der Waals surface area contributed by atoms with E-state index in [-0.39, 0.29) is 18.3 Å². The fourth-order valence-electron chi connectivity index (χ4n) is 5.41. The topological polar surface area (TPSA) is 109 Å². The van der Waals surface area contributed by atoms with Gasteiger partial charge < -0.3 is 19.4 Å². The molecule has 10 heteroatoms. The number of carbonyl (C=O) groups is 3. The van der Waals surface area contributed by atoms with Gasteiger partial charge in [-0.1, -0.05) is 11.6 Å². The molecule has 0 atom stereocenters. The van der Waals surface area contributed by atoms with Gasteiger partial charge >= 0.3 is 5.97 Å². The molecule has 1 saturated carbocycles. The van der Waals surface area contributed by atoms with Gasteiger partial charge in [-0.05, 0) is 61.4 Å². The van der Waals surface area contributed by atoms with Gasteiger partial charge in [0.1, 0.15) is 18.0 Å². The molecule has 9 nitrogen and oxygen atoms in total. The van der Waals surface area contributed by atoms with Crippen LogP contribution in [0.25, 0.3) is 22.0 Å². The molecule has 0 unspecified atom stereocenters. The second-order valence-corrected chi connectivity index (χ2v) is 10.3. The number of nitrogens with one attached hydrogen (secondary N) is 1. The number of rotatable bonds is 6. The van der Waals surface area contributed by atoms with Crippen molar-refractivity contribution in [2.75, 3.05) is 12.4 Å². The summed E-state index contributed by atoms with van der Waals surface area (Å²) in [5.41, 5.74) is 2.17. The van der Waals surface area contributed by atoms with E-state index in [1.807, 2.05) is 10.6 Å². The lowest BCUT2D eigenvalue weighted by Gasteiger charge is -2.38. The number of anilines is 1. The van der Waals surface area contributed by atoms with Gasteiger partial charge in [0.25, 0.3) is 5.56 Å². The maximum atomic E-state index is 13.0. The summed E-state index contributed by atoms with van der Waals surface area (Å²) in [6.07, 6.45) is 4.02. The summed E-state index contributed by atoms with van der Waals surface area (Å²) in [6, 6.07) is 13.3. The third-order valence-electron chi connectivity index (χ3n) is 7.39. The van der Waals surface area contributed by atoms with Crippen LogP contribution in [0.2, 0.25) is 5.02 Å². The number of methoxy groups -OCH3 is 1. The highest BCUT2D eigenvalue weighted by Gasteiger charge is 2.50. The van der Waals surface area contributed by atoms with Crippen molar-refractivity contribution in [3.8, 4) is 16.9 Å². The molecular weight excluding hydrogens is 522 g/mol. The lowest BCUT2D eigenvalue weighted by Crippen LogP contribution is -2.39. The number of fused-ring (bicyclic) bond motifs is 4. The number of aromatic nitrogens is 2. The van der Waals surface area contributed by atoms with Gasteiger partial charge in [0, 0.05) is 46.1 Å². The molecule has 0 bridgehead atoms. The Morgan fingerprint density at radius 1 is 1.08 bits per heavy atom. The lowest BCUT2D eigenvalue weighted by atomic mass is 9.88. The summed E-state index contributed by atoms with van der Waals surface area (Å²) in [7, 11) is 1.44. The van der Waals surface area contributed by atoms with E-state index >= 15 is 0 Å². The van der Waals surface area contributed by atoms with Crippen molar-refractivity contribution in [1.82, 2.24) is 9.13 Å². The zero-order valence-electron chi connectivity index (χ0n) is 21.2. The van der Waals surface area contributed by atoms with E-state index in [1.54, 1.807) is 36.4 Å². The highest BCUT2D eigenvalue weighted by molar-refractivity contribution is 6.31. The average Bonchev–Trinajstić information content (AvgIpc) is 3.39. The Bertz CT molecular complexity index is 1760. The van der Waals surface area contributed by atoms with Gasteiger partial charge in [-0.15, -0.1) is 0 Å². The second-order valence-electron chi connectivity index (χ2n) is 9.84. The van der Waals surface area contributed by atoms with Gasteiger partial charge in [0.05, 0.1) is 18.8 Å². The monoisotopic (exact) mass is 545 g/mol. The minimum Gasteiger partial charge on any atom is -0.495 e. The maximum Gasteiger partial charge on any atom is 0.357 e. The van der Waals surface area contributed by atoms with E-state index in [9.17, 15) is 19.2 Å². The number of benzene rings is 2. The number of ketones is 1.